The molecule has 2 N–H and O–H groups in total. The van der Waals surface area contributed by atoms with Crippen LogP contribution in [0.3, 0.4) is 0 Å². The van der Waals surface area contributed by atoms with Gasteiger partial charge in [-0.1, -0.05) is 12.1 Å². The van der Waals surface area contributed by atoms with Crippen molar-refractivity contribution in [3.63, 3.8) is 0 Å². The number of likely N-dealkylation sites (N-methyl/N-ethyl adjacent to an activating group) is 1. The minimum atomic E-state index is -1.26. The molecule has 0 bridgehead atoms. The van der Waals surface area contributed by atoms with Crippen molar-refractivity contribution in [3.8, 4) is 0 Å². The maximum Gasteiger partial charge on any atom is 0.328 e. The molecule has 0 unspecified atom stereocenters. The molecule has 0 spiro atoms. The number of aliphatic carboxylic acids is 2. The van der Waals surface area contributed by atoms with E-state index < -0.39 is 11.9 Å². The number of carboxylic acid groups (broad SMARTS) is 2. The Hall–Kier alpha value is -3.17. The highest BCUT2D eigenvalue weighted by Crippen LogP contribution is 2.41. The van der Waals surface area contributed by atoms with Crippen LogP contribution >= 0.6 is 11.3 Å². The van der Waals surface area contributed by atoms with Crippen LogP contribution in [-0.2, 0) is 9.59 Å². The van der Waals surface area contributed by atoms with Gasteiger partial charge in [0.05, 0.1) is 17.1 Å². The summed E-state index contributed by atoms with van der Waals surface area (Å²) >= 11 is 1.72. The number of rotatable bonds is 2. The zero-order chi connectivity index (χ0) is 21.7. The number of para-hydroxylation sites is 1. The molecule has 0 atom stereocenters. The zero-order valence-corrected chi connectivity index (χ0v) is 17.7. The van der Waals surface area contributed by atoms with Gasteiger partial charge < -0.3 is 24.9 Å². The van der Waals surface area contributed by atoms with E-state index >= 15 is 0 Å². The quantitative estimate of drug-likeness (QED) is 0.710. The Morgan fingerprint density at radius 2 is 1.60 bits per heavy atom. The highest BCUT2D eigenvalue weighted by atomic mass is 32.1. The predicted octanol–water partition coefficient (Wildman–Crippen LogP) is 2.87. The summed E-state index contributed by atoms with van der Waals surface area (Å²) in [4.78, 5) is 31.2. The molecule has 158 valence electrons. The highest BCUT2D eigenvalue weighted by Gasteiger charge is 2.26. The lowest BCUT2D eigenvalue weighted by Crippen LogP contribution is -2.47. The maximum absolute atomic E-state index is 9.55. The van der Waals surface area contributed by atoms with Gasteiger partial charge in [-0.05, 0) is 19.2 Å². The Morgan fingerprint density at radius 1 is 0.967 bits per heavy atom. The standard InChI is InChI=1S/C17H20N4S.C4H4O4/c1-19-7-9-21(10-8-19)17-13-5-3-4-6-15(13)20(2)16-12-22-11-14(16)18-17;5-3(6)1-2-4(7)8/h3-6,11-12H,7-10H2,1-2H3;1-2H,(H,5,6)(H,7,8)/b;2-1+. The number of fused-ring (bicyclic) bond motifs is 2. The van der Waals surface area contributed by atoms with Crippen LogP contribution in [0.15, 0.2) is 52.2 Å². The van der Waals surface area contributed by atoms with Gasteiger partial charge in [0.2, 0.25) is 0 Å². The number of hydrogen-bond acceptors (Lipinski definition) is 7. The van der Waals surface area contributed by atoms with Gasteiger partial charge in [-0.15, -0.1) is 11.3 Å². The zero-order valence-electron chi connectivity index (χ0n) is 16.9. The number of anilines is 2. The van der Waals surface area contributed by atoms with Crippen LogP contribution in [-0.4, -0.2) is 78.1 Å². The van der Waals surface area contributed by atoms with E-state index in [0.717, 1.165) is 37.7 Å². The number of thiophene rings is 1. The van der Waals surface area contributed by atoms with E-state index in [1.165, 1.54) is 16.9 Å². The molecular weight excluding hydrogens is 404 g/mol. The van der Waals surface area contributed by atoms with E-state index in [-0.39, 0.29) is 0 Å². The van der Waals surface area contributed by atoms with Crippen molar-refractivity contribution in [2.45, 2.75) is 0 Å². The van der Waals surface area contributed by atoms with Gasteiger partial charge in [0, 0.05) is 61.7 Å². The summed E-state index contributed by atoms with van der Waals surface area (Å²) in [6.07, 6.45) is 1.12. The topological polar surface area (TPSA) is 96.7 Å². The number of aliphatic imine (C=N–C) groups is 1. The lowest BCUT2D eigenvalue weighted by atomic mass is 10.1. The predicted molar refractivity (Wildman–Crippen MR) is 119 cm³/mol. The first-order chi connectivity index (χ1) is 14.4. The van der Waals surface area contributed by atoms with Crippen molar-refractivity contribution in [1.29, 1.82) is 0 Å². The molecule has 8 nitrogen and oxygen atoms in total. The lowest BCUT2D eigenvalue weighted by Gasteiger charge is -2.35. The van der Waals surface area contributed by atoms with E-state index in [2.05, 4.69) is 63.8 Å². The molecule has 2 aliphatic rings. The minimum Gasteiger partial charge on any atom is -0.478 e. The third-order valence-electron chi connectivity index (χ3n) is 4.89. The third-order valence-corrected chi connectivity index (χ3v) is 5.61. The molecule has 9 heteroatoms. The molecular formula is C21H24N4O4S. The second-order valence-electron chi connectivity index (χ2n) is 6.95. The molecule has 3 heterocycles. The van der Waals surface area contributed by atoms with Crippen molar-refractivity contribution in [3.05, 3.63) is 52.7 Å². The SMILES string of the molecule is CN1CCN(C2=Nc3cscc3N(C)c3ccccc32)CC1.O=C(O)/C=C/C(=O)O. The van der Waals surface area contributed by atoms with E-state index in [0.29, 0.717) is 12.2 Å². The molecule has 1 aromatic carbocycles. The second kappa shape index (κ2) is 9.55. The number of carboxylic acids is 2. The van der Waals surface area contributed by atoms with Crippen LogP contribution in [0, 0.1) is 0 Å². The van der Waals surface area contributed by atoms with Gasteiger partial charge >= 0.3 is 11.9 Å². The second-order valence-corrected chi connectivity index (χ2v) is 7.70. The van der Waals surface area contributed by atoms with Crippen LogP contribution in [0.2, 0.25) is 0 Å². The van der Waals surface area contributed by atoms with Crippen molar-refractivity contribution < 1.29 is 19.8 Å². The highest BCUT2D eigenvalue weighted by molar-refractivity contribution is 7.09. The summed E-state index contributed by atoms with van der Waals surface area (Å²) in [5, 5.41) is 20.0. The van der Waals surface area contributed by atoms with Crippen LogP contribution in [0.25, 0.3) is 0 Å². The first-order valence-electron chi connectivity index (χ1n) is 9.42. The molecule has 0 aliphatic carbocycles. The molecule has 30 heavy (non-hydrogen) atoms. The summed E-state index contributed by atoms with van der Waals surface area (Å²) in [5.41, 5.74) is 4.74. The van der Waals surface area contributed by atoms with E-state index in [4.69, 9.17) is 15.2 Å². The summed E-state index contributed by atoms with van der Waals surface area (Å²) in [6.45, 7) is 4.25. The maximum atomic E-state index is 9.55. The van der Waals surface area contributed by atoms with E-state index in [1.54, 1.807) is 11.3 Å². The summed E-state index contributed by atoms with van der Waals surface area (Å²) in [7, 11) is 4.32. The number of amidine groups is 1. The lowest BCUT2D eigenvalue weighted by molar-refractivity contribution is -0.134. The van der Waals surface area contributed by atoms with Gasteiger partial charge in [-0.2, -0.15) is 0 Å². The number of piperazine rings is 1. The first kappa shape index (κ1) is 21.5. The molecule has 2 aliphatic heterocycles. The molecule has 1 aromatic heterocycles. The molecule has 1 saturated heterocycles. The fourth-order valence-corrected chi connectivity index (χ4v) is 4.06. The van der Waals surface area contributed by atoms with Crippen molar-refractivity contribution in [2.75, 3.05) is 45.2 Å². The van der Waals surface area contributed by atoms with Crippen molar-refractivity contribution >= 4 is 46.2 Å². The van der Waals surface area contributed by atoms with Gasteiger partial charge in [0.1, 0.15) is 5.84 Å². The van der Waals surface area contributed by atoms with Crippen LogP contribution in [0.5, 0.6) is 0 Å². The largest absolute Gasteiger partial charge is 0.478 e. The summed E-state index contributed by atoms with van der Waals surface area (Å²) in [6, 6.07) is 8.59. The molecule has 4 rings (SSSR count). The Labute approximate surface area is 179 Å². The van der Waals surface area contributed by atoms with Gasteiger partial charge in [0.15, 0.2) is 0 Å². The first-order valence-corrected chi connectivity index (χ1v) is 10.4. The number of hydrogen-bond donors (Lipinski definition) is 2. The van der Waals surface area contributed by atoms with Crippen LogP contribution in [0.4, 0.5) is 17.1 Å². The smallest absolute Gasteiger partial charge is 0.328 e. The van der Waals surface area contributed by atoms with Crippen LogP contribution < -0.4 is 4.90 Å². The van der Waals surface area contributed by atoms with Gasteiger partial charge in [-0.3, -0.25) is 0 Å². The Kier molecular flexibility index (Phi) is 6.86. The fraction of sp³-hybridized carbons (Fsp3) is 0.286. The Balaban J connectivity index is 0.000000275. The Morgan fingerprint density at radius 3 is 2.23 bits per heavy atom. The Bertz CT molecular complexity index is 961. The summed E-state index contributed by atoms with van der Waals surface area (Å²) in [5.74, 6) is -1.40. The van der Waals surface area contributed by atoms with Crippen LogP contribution in [0.1, 0.15) is 5.56 Å². The van der Waals surface area contributed by atoms with Crippen molar-refractivity contribution in [1.82, 2.24) is 9.80 Å². The van der Waals surface area contributed by atoms with Gasteiger partial charge in [-0.25, -0.2) is 14.6 Å². The van der Waals surface area contributed by atoms with E-state index in [9.17, 15) is 9.59 Å². The minimum absolute atomic E-state index is 0.558. The number of carbonyl (C=O) groups is 2. The average molecular weight is 429 g/mol. The molecule has 0 saturated carbocycles. The monoisotopic (exact) mass is 428 g/mol. The third kappa shape index (κ3) is 5.05. The summed E-state index contributed by atoms with van der Waals surface area (Å²) < 4.78 is 0. The van der Waals surface area contributed by atoms with Gasteiger partial charge in [0.25, 0.3) is 0 Å². The molecule has 1 fully saturated rings. The number of nitrogens with zero attached hydrogens (tertiary/aromatic N) is 4. The normalized spacial score (nSPS) is 16.1. The molecule has 2 aromatic rings. The fourth-order valence-electron chi connectivity index (χ4n) is 3.28. The van der Waals surface area contributed by atoms with E-state index in [1.807, 2.05) is 0 Å². The number of benzene rings is 1. The molecule has 0 radical (unpaired) electrons. The molecule has 0 amide bonds. The average Bonchev–Trinajstić information content (AvgIpc) is 3.15. The van der Waals surface area contributed by atoms with Crippen molar-refractivity contribution in [2.24, 2.45) is 4.99 Å².